The smallest absolute Gasteiger partial charge is 0.240 e. The standard InChI is InChI=1S/C14H22FN3O2S/c1-16-10-11-9-13(3-4-14(11)15)21(19,20)17-12-5-7-18(2)8-6-12/h3-4,9,12,16-17H,5-8,10H2,1-2H3. The molecule has 0 amide bonds. The average Bonchev–Trinajstić information content (AvgIpc) is 2.43. The summed E-state index contributed by atoms with van der Waals surface area (Å²) in [6, 6.07) is 3.86. The first-order valence-electron chi connectivity index (χ1n) is 7.06. The van der Waals surface area contributed by atoms with Crippen LogP contribution in [0.2, 0.25) is 0 Å². The first kappa shape index (κ1) is 16.4. The van der Waals surface area contributed by atoms with Gasteiger partial charge in [-0.15, -0.1) is 0 Å². The molecule has 1 saturated heterocycles. The summed E-state index contributed by atoms with van der Waals surface area (Å²) < 4.78 is 41.1. The number of piperidine rings is 1. The van der Waals surface area contributed by atoms with Gasteiger partial charge >= 0.3 is 0 Å². The van der Waals surface area contributed by atoms with Crippen LogP contribution in [0.25, 0.3) is 0 Å². The van der Waals surface area contributed by atoms with Gasteiger partial charge < -0.3 is 10.2 Å². The maximum atomic E-state index is 13.6. The summed E-state index contributed by atoms with van der Waals surface area (Å²) in [5, 5.41) is 2.83. The Labute approximate surface area is 125 Å². The first-order chi connectivity index (χ1) is 9.92. The second-order valence-corrected chi connectivity index (χ2v) is 7.20. The van der Waals surface area contributed by atoms with Gasteiger partial charge in [0.05, 0.1) is 4.90 Å². The van der Waals surface area contributed by atoms with Crippen LogP contribution < -0.4 is 10.0 Å². The Bertz CT molecular complexity index is 584. The van der Waals surface area contributed by atoms with Crippen LogP contribution >= 0.6 is 0 Å². The molecule has 2 rings (SSSR count). The fraction of sp³-hybridized carbons (Fsp3) is 0.571. The quantitative estimate of drug-likeness (QED) is 0.848. The van der Waals surface area contributed by atoms with E-state index in [4.69, 9.17) is 0 Å². The van der Waals surface area contributed by atoms with E-state index in [1.807, 2.05) is 7.05 Å². The number of benzene rings is 1. The number of sulfonamides is 1. The minimum absolute atomic E-state index is 0.0518. The molecule has 1 fully saturated rings. The van der Waals surface area contributed by atoms with Crippen LogP contribution in [0.5, 0.6) is 0 Å². The van der Waals surface area contributed by atoms with Crippen molar-refractivity contribution in [3.63, 3.8) is 0 Å². The van der Waals surface area contributed by atoms with Crippen LogP contribution in [-0.4, -0.2) is 46.5 Å². The molecule has 0 aromatic heterocycles. The van der Waals surface area contributed by atoms with E-state index in [0.29, 0.717) is 12.1 Å². The van der Waals surface area contributed by atoms with Crippen LogP contribution in [0, 0.1) is 5.82 Å². The molecule has 1 aliphatic rings. The Morgan fingerprint density at radius 2 is 2.00 bits per heavy atom. The van der Waals surface area contributed by atoms with Crippen molar-refractivity contribution in [2.45, 2.75) is 30.3 Å². The molecule has 7 heteroatoms. The van der Waals surface area contributed by atoms with Crippen LogP contribution in [0.3, 0.4) is 0 Å². The lowest BCUT2D eigenvalue weighted by Crippen LogP contribution is -2.43. The number of rotatable bonds is 5. The Morgan fingerprint density at radius 3 is 2.62 bits per heavy atom. The van der Waals surface area contributed by atoms with Gasteiger partial charge in [0.1, 0.15) is 5.82 Å². The number of hydrogen-bond acceptors (Lipinski definition) is 4. The molecular formula is C14H22FN3O2S. The predicted molar refractivity (Wildman–Crippen MR) is 80.0 cm³/mol. The molecule has 0 radical (unpaired) electrons. The van der Waals surface area contributed by atoms with Gasteiger partial charge in [0.25, 0.3) is 0 Å². The fourth-order valence-electron chi connectivity index (χ4n) is 2.46. The lowest BCUT2D eigenvalue weighted by Gasteiger charge is -2.29. The number of hydrogen-bond donors (Lipinski definition) is 2. The zero-order chi connectivity index (χ0) is 15.5. The molecule has 21 heavy (non-hydrogen) atoms. The van der Waals surface area contributed by atoms with E-state index in [1.54, 1.807) is 7.05 Å². The second-order valence-electron chi connectivity index (χ2n) is 5.48. The van der Waals surface area contributed by atoms with E-state index < -0.39 is 15.8 Å². The molecule has 1 aliphatic heterocycles. The highest BCUT2D eigenvalue weighted by Crippen LogP contribution is 2.17. The largest absolute Gasteiger partial charge is 0.316 e. The van der Waals surface area contributed by atoms with Crippen molar-refractivity contribution >= 4 is 10.0 Å². The summed E-state index contributed by atoms with van der Waals surface area (Å²) >= 11 is 0. The molecule has 1 heterocycles. The molecular weight excluding hydrogens is 293 g/mol. The van der Waals surface area contributed by atoms with Gasteiger partial charge in [0.15, 0.2) is 0 Å². The fourth-order valence-corrected chi connectivity index (χ4v) is 3.81. The topological polar surface area (TPSA) is 61.4 Å². The van der Waals surface area contributed by atoms with E-state index in [2.05, 4.69) is 14.9 Å². The molecule has 118 valence electrons. The molecule has 0 bridgehead atoms. The Kier molecular flexibility index (Phi) is 5.32. The third-order valence-corrected chi connectivity index (χ3v) is 5.25. The normalized spacial score (nSPS) is 18.0. The Hall–Kier alpha value is -1.02. The van der Waals surface area contributed by atoms with Gasteiger partial charge in [-0.05, 0) is 58.2 Å². The SMILES string of the molecule is CNCc1cc(S(=O)(=O)NC2CCN(C)CC2)ccc1F. The molecule has 2 N–H and O–H groups in total. The van der Waals surface area contributed by atoms with Crippen LogP contribution in [0.1, 0.15) is 18.4 Å². The van der Waals surface area contributed by atoms with Crippen molar-refractivity contribution in [2.24, 2.45) is 0 Å². The maximum absolute atomic E-state index is 13.6. The van der Waals surface area contributed by atoms with Crippen molar-refractivity contribution in [3.8, 4) is 0 Å². The number of halogens is 1. The van der Waals surface area contributed by atoms with E-state index in [0.717, 1.165) is 25.9 Å². The van der Waals surface area contributed by atoms with Gasteiger partial charge in [0.2, 0.25) is 10.0 Å². The highest BCUT2D eigenvalue weighted by molar-refractivity contribution is 7.89. The van der Waals surface area contributed by atoms with Gasteiger partial charge in [-0.3, -0.25) is 0 Å². The zero-order valence-corrected chi connectivity index (χ0v) is 13.2. The molecule has 1 aromatic rings. The molecule has 0 unspecified atom stereocenters. The third kappa shape index (κ3) is 4.23. The summed E-state index contributed by atoms with van der Waals surface area (Å²) in [5.41, 5.74) is 0.351. The monoisotopic (exact) mass is 315 g/mol. The predicted octanol–water partition coefficient (Wildman–Crippen LogP) is 0.918. The maximum Gasteiger partial charge on any atom is 0.240 e. The Morgan fingerprint density at radius 1 is 1.33 bits per heavy atom. The average molecular weight is 315 g/mol. The Balaban J connectivity index is 2.13. The molecule has 5 nitrogen and oxygen atoms in total. The van der Waals surface area contributed by atoms with Crippen molar-refractivity contribution in [3.05, 3.63) is 29.6 Å². The minimum atomic E-state index is -3.60. The van der Waals surface area contributed by atoms with E-state index in [1.165, 1.54) is 18.2 Å². The van der Waals surface area contributed by atoms with Crippen molar-refractivity contribution < 1.29 is 12.8 Å². The van der Waals surface area contributed by atoms with E-state index in [-0.39, 0.29) is 10.9 Å². The summed E-state index contributed by atoms with van der Waals surface area (Å²) in [7, 11) is 0.116. The minimum Gasteiger partial charge on any atom is -0.316 e. The van der Waals surface area contributed by atoms with Crippen LogP contribution in [0.4, 0.5) is 4.39 Å². The first-order valence-corrected chi connectivity index (χ1v) is 8.54. The highest BCUT2D eigenvalue weighted by Gasteiger charge is 2.23. The number of nitrogens with one attached hydrogen (secondary N) is 2. The van der Waals surface area contributed by atoms with E-state index >= 15 is 0 Å². The zero-order valence-electron chi connectivity index (χ0n) is 12.4. The van der Waals surface area contributed by atoms with Gasteiger partial charge in [-0.25, -0.2) is 17.5 Å². The summed E-state index contributed by atoms with van der Waals surface area (Å²) in [4.78, 5) is 2.29. The van der Waals surface area contributed by atoms with E-state index in [9.17, 15) is 12.8 Å². The summed E-state index contributed by atoms with van der Waals surface area (Å²) in [6.45, 7) is 2.05. The van der Waals surface area contributed by atoms with Crippen molar-refractivity contribution in [2.75, 3.05) is 27.2 Å². The summed E-state index contributed by atoms with van der Waals surface area (Å²) in [5.74, 6) is -0.400. The van der Waals surface area contributed by atoms with Gasteiger partial charge in [-0.1, -0.05) is 0 Å². The summed E-state index contributed by atoms with van der Waals surface area (Å²) in [6.07, 6.45) is 1.58. The molecule has 1 aromatic carbocycles. The lowest BCUT2D eigenvalue weighted by molar-refractivity contribution is 0.248. The van der Waals surface area contributed by atoms with Crippen molar-refractivity contribution in [1.82, 2.24) is 14.9 Å². The van der Waals surface area contributed by atoms with Crippen LogP contribution in [-0.2, 0) is 16.6 Å². The number of nitrogens with zero attached hydrogens (tertiary/aromatic N) is 1. The molecule has 0 atom stereocenters. The lowest BCUT2D eigenvalue weighted by atomic mass is 10.1. The molecule has 0 aliphatic carbocycles. The van der Waals surface area contributed by atoms with Gasteiger partial charge in [-0.2, -0.15) is 0 Å². The number of likely N-dealkylation sites (tertiary alicyclic amines) is 1. The highest BCUT2D eigenvalue weighted by atomic mass is 32.2. The second kappa shape index (κ2) is 6.83. The van der Waals surface area contributed by atoms with Gasteiger partial charge in [0, 0.05) is 18.2 Å². The third-order valence-electron chi connectivity index (χ3n) is 3.74. The van der Waals surface area contributed by atoms with Crippen molar-refractivity contribution in [1.29, 1.82) is 0 Å². The van der Waals surface area contributed by atoms with Crippen LogP contribution in [0.15, 0.2) is 23.1 Å². The molecule has 0 spiro atoms. The molecule has 0 saturated carbocycles.